The molecule has 0 aromatic heterocycles. The fourth-order valence-corrected chi connectivity index (χ4v) is 3.62. The molecule has 0 unspecified atom stereocenters. The topological polar surface area (TPSA) is 97.0 Å². The van der Waals surface area contributed by atoms with Crippen molar-refractivity contribution in [3.8, 4) is 5.75 Å². The molecule has 8 heteroatoms. The zero-order valence-electron chi connectivity index (χ0n) is 21.5. The van der Waals surface area contributed by atoms with Gasteiger partial charge in [-0.1, -0.05) is 32.9 Å². The van der Waals surface area contributed by atoms with Crippen LogP contribution in [0, 0.1) is 0 Å². The van der Waals surface area contributed by atoms with Gasteiger partial charge in [-0.2, -0.15) is 0 Å². The average Bonchev–Trinajstić information content (AvgIpc) is 2.74. The summed E-state index contributed by atoms with van der Waals surface area (Å²) >= 11 is 0. The van der Waals surface area contributed by atoms with Crippen molar-refractivity contribution in [3.05, 3.63) is 29.8 Å². The molecule has 0 atom stereocenters. The highest BCUT2D eigenvalue weighted by molar-refractivity contribution is 5.82. The first kappa shape index (κ1) is 27.5. The zero-order chi connectivity index (χ0) is 25.4. The van der Waals surface area contributed by atoms with Gasteiger partial charge >= 0.3 is 6.09 Å². The van der Waals surface area contributed by atoms with Gasteiger partial charge in [-0.25, -0.2) is 4.79 Å². The number of hydrogen-bond acceptors (Lipinski definition) is 5. The van der Waals surface area contributed by atoms with Gasteiger partial charge in [0, 0.05) is 25.6 Å². The van der Waals surface area contributed by atoms with Crippen LogP contribution in [-0.4, -0.2) is 60.7 Å². The van der Waals surface area contributed by atoms with Crippen LogP contribution in [0.1, 0.15) is 72.8 Å². The highest BCUT2D eigenvalue weighted by Crippen LogP contribution is 2.24. The Bertz CT molecular complexity index is 816. The maximum atomic E-state index is 12.3. The smallest absolute Gasteiger partial charge is 0.408 e. The molecule has 1 saturated heterocycles. The number of benzene rings is 1. The molecule has 8 nitrogen and oxygen atoms in total. The van der Waals surface area contributed by atoms with Crippen LogP contribution in [-0.2, 0) is 19.7 Å². The van der Waals surface area contributed by atoms with E-state index in [9.17, 15) is 14.4 Å². The number of carbonyl (C=O) groups is 3. The SMILES string of the molecule is CC(C)(C)OC(=O)NCC(=O)N1CCC(NC(=O)CCCOc2ccc(C(C)(C)C)cc2)CC1. The van der Waals surface area contributed by atoms with Crippen LogP contribution < -0.4 is 15.4 Å². The summed E-state index contributed by atoms with van der Waals surface area (Å²) in [5.41, 5.74) is 0.760. The molecule has 34 heavy (non-hydrogen) atoms. The summed E-state index contributed by atoms with van der Waals surface area (Å²) in [5.74, 6) is 0.665. The summed E-state index contributed by atoms with van der Waals surface area (Å²) in [6.07, 6.45) is 1.83. The monoisotopic (exact) mass is 475 g/mol. The first-order valence-corrected chi connectivity index (χ1v) is 12.1. The van der Waals surface area contributed by atoms with E-state index in [1.165, 1.54) is 5.56 Å². The first-order chi connectivity index (χ1) is 15.8. The van der Waals surface area contributed by atoms with E-state index in [0.717, 1.165) is 5.75 Å². The van der Waals surface area contributed by atoms with Crippen molar-refractivity contribution < 1.29 is 23.9 Å². The van der Waals surface area contributed by atoms with Crippen LogP contribution in [0.15, 0.2) is 24.3 Å². The maximum Gasteiger partial charge on any atom is 0.408 e. The van der Waals surface area contributed by atoms with Gasteiger partial charge in [0.1, 0.15) is 17.9 Å². The number of piperidine rings is 1. The Balaban J connectivity index is 1.60. The van der Waals surface area contributed by atoms with Crippen LogP contribution in [0.4, 0.5) is 4.79 Å². The van der Waals surface area contributed by atoms with Gasteiger partial charge in [-0.3, -0.25) is 9.59 Å². The molecule has 0 aliphatic carbocycles. The number of rotatable bonds is 8. The Morgan fingerprint density at radius 1 is 1.00 bits per heavy atom. The molecular weight excluding hydrogens is 434 g/mol. The number of amides is 3. The van der Waals surface area contributed by atoms with Crippen LogP contribution in [0.2, 0.25) is 0 Å². The molecule has 1 aliphatic heterocycles. The molecule has 0 bridgehead atoms. The third kappa shape index (κ3) is 10.0. The summed E-state index contributed by atoms with van der Waals surface area (Å²) in [6.45, 7) is 13.3. The van der Waals surface area contributed by atoms with Gasteiger partial charge in [-0.05, 0) is 63.1 Å². The Hall–Kier alpha value is -2.77. The van der Waals surface area contributed by atoms with Gasteiger partial charge in [0.05, 0.1) is 6.61 Å². The predicted octanol–water partition coefficient (Wildman–Crippen LogP) is 3.78. The number of nitrogens with one attached hydrogen (secondary N) is 2. The molecule has 2 rings (SSSR count). The summed E-state index contributed by atoms with van der Waals surface area (Å²) in [4.78, 5) is 38.0. The Labute approximate surface area is 203 Å². The van der Waals surface area contributed by atoms with E-state index in [-0.39, 0.29) is 29.8 Å². The van der Waals surface area contributed by atoms with Crippen LogP contribution >= 0.6 is 0 Å². The lowest BCUT2D eigenvalue weighted by Gasteiger charge is -2.32. The van der Waals surface area contributed by atoms with Crippen molar-refractivity contribution in [2.24, 2.45) is 0 Å². The molecule has 3 amide bonds. The molecule has 1 aromatic rings. The lowest BCUT2D eigenvalue weighted by Crippen LogP contribution is -2.49. The van der Waals surface area contributed by atoms with Crippen LogP contribution in [0.3, 0.4) is 0 Å². The number of likely N-dealkylation sites (tertiary alicyclic amines) is 1. The fraction of sp³-hybridized carbons (Fsp3) is 0.654. The molecule has 1 heterocycles. The summed E-state index contributed by atoms with van der Waals surface area (Å²) in [6, 6.07) is 8.15. The second-order valence-electron chi connectivity index (χ2n) is 10.8. The van der Waals surface area contributed by atoms with Crippen molar-refractivity contribution >= 4 is 17.9 Å². The Morgan fingerprint density at radius 3 is 2.18 bits per heavy atom. The minimum absolute atomic E-state index is 0.00282. The highest BCUT2D eigenvalue weighted by Gasteiger charge is 2.24. The van der Waals surface area contributed by atoms with Crippen molar-refractivity contribution in [2.45, 2.75) is 84.3 Å². The van der Waals surface area contributed by atoms with Crippen LogP contribution in [0.5, 0.6) is 5.75 Å². The molecule has 0 saturated carbocycles. The lowest BCUT2D eigenvalue weighted by molar-refractivity contribution is -0.131. The zero-order valence-corrected chi connectivity index (χ0v) is 21.5. The molecule has 1 aromatic carbocycles. The number of alkyl carbamates (subject to hydrolysis) is 1. The lowest BCUT2D eigenvalue weighted by atomic mass is 9.87. The summed E-state index contributed by atoms with van der Waals surface area (Å²) in [5, 5.41) is 5.55. The second kappa shape index (κ2) is 12.1. The quantitative estimate of drug-likeness (QED) is 0.558. The maximum absolute atomic E-state index is 12.3. The first-order valence-electron chi connectivity index (χ1n) is 12.1. The molecular formula is C26H41N3O5. The van der Waals surface area contributed by atoms with Gasteiger partial charge in [-0.15, -0.1) is 0 Å². The van der Waals surface area contributed by atoms with E-state index in [0.29, 0.717) is 45.4 Å². The molecule has 0 radical (unpaired) electrons. The van der Waals surface area contributed by atoms with E-state index in [1.54, 1.807) is 25.7 Å². The summed E-state index contributed by atoms with van der Waals surface area (Å²) < 4.78 is 10.9. The third-order valence-electron chi connectivity index (χ3n) is 5.53. The van der Waals surface area contributed by atoms with Crippen LogP contribution in [0.25, 0.3) is 0 Å². The Kier molecular flexibility index (Phi) is 9.77. The molecule has 1 fully saturated rings. The summed E-state index contributed by atoms with van der Waals surface area (Å²) in [7, 11) is 0. The van der Waals surface area contributed by atoms with Crippen molar-refractivity contribution in [3.63, 3.8) is 0 Å². The van der Waals surface area contributed by atoms with Crippen molar-refractivity contribution in [2.75, 3.05) is 26.2 Å². The highest BCUT2D eigenvalue weighted by atomic mass is 16.6. The van der Waals surface area contributed by atoms with E-state index in [2.05, 4.69) is 43.5 Å². The molecule has 1 aliphatic rings. The number of ether oxygens (including phenoxy) is 2. The minimum atomic E-state index is -0.604. The third-order valence-corrected chi connectivity index (χ3v) is 5.53. The van der Waals surface area contributed by atoms with E-state index >= 15 is 0 Å². The van der Waals surface area contributed by atoms with Gasteiger partial charge in [0.15, 0.2) is 0 Å². The Morgan fingerprint density at radius 2 is 1.62 bits per heavy atom. The average molecular weight is 476 g/mol. The van der Waals surface area contributed by atoms with Crippen molar-refractivity contribution in [1.29, 1.82) is 0 Å². The van der Waals surface area contributed by atoms with Crippen molar-refractivity contribution in [1.82, 2.24) is 15.5 Å². The molecule has 0 spiro atoms. The number of hydrogen-bond donors (Lipinski definition) is 2. The largest absolute Gasteiger partial charge is 0.494 e. The van der Waals surface area contributed by atoms with Gasteiger partial charge in [0.25, 0.3) is 0 Å². The van der Waals surface area contributed by atoms with E-state index in [1.807, 2.05) is 12.1 Å². The number of carbonyl (C=O) groups excluding carboxylic acids is 3. The molecule has 190 valence electrons. The van der Waals surface area contributed by atoms with E-state index in [4.69, 9.17) is 9.47 Å². The minimum Gasteiger partial charge on any atom is -0.494 e. The number of nitrogens with zero attached hydrogens (tertiary/aromatic N) is 1. The van der Waals surface area contributed by atoms with E-state index < -0.39 is 11.7 Å². The molecule has 2 N–H and O–H groups in total. The van der Waals surface area contributed by atoms with Gasteiger partial charge < -0.3 is 25.0 Å². The fourth-order valence-electron chi connectivity index (χ4n) is 3.62. The van der Waals surface area contributed by atoms with Gasteiger partial charge in [0.2, 0.25) is 11.8 Å². The second-order valence-corrected chi connectivity index (χ2v) is 10.8. The normalized spacial score (nSPS) is 14.9. The standard InChI is InChI=1S/C26H41N3O5/c1-25(2,3)19-9-11-21(12-10-19)33-17-7-8-22(30)28-20-13-15-29(16-14-20)23(31)18-27-24(32)34-26(4,5)6/h9-12,20H,7-8,13-18H2,1-6H3,(H,27,32)(H,28,30). The predicted molar refractivity (Wildman–Crippen MR) is 132 cm³/mol.